The minimum Gasteiger partial charge on any atom is -0.268 e. The molecule has 4 heterocycles. The summed E-state index contributed by atoms with van der Waals surface area (Å²) in [7, 11) is 0. The average molecular weight is 1240 g/mol. The SMILES string of the molecule is C=CCc1ccc(-c2cc(-c3ccc(CC=C)cc3)c3nc4c5ccc(-c6ccc(CC=C)cc6)c6cccc(c(=O)n4c3c2)c65)cc1.C=CCc1ccc(-c2cc(-c3ccc(CC=C)cc3)c3nc4c5cccc6c(-c7ccc(CC=C)cc7)ccc(c(=O)n4c3c2)c65)cc1. The van der Waals surface area contributed by atoms with E-state index in [-0.39, 0.29) is 11.1 Å². The Bertz CT molecular complexity index is 5560. The Hall–Kier alpha value is -12.1. The molecule has 0 radical (unpaired) electrons. The minimum absolute atomic E-state index is 0.0603. The summed E-state index contributed by atoms with van der Waals surface area (Å²) in [5, 5.41) is 7.30. The molecule has 16 rings (SSSR count). The number of hydrogen-bond acceptors (Lipinski definition) is 4. The van der Waals surface area contributed by atoms with Crippen LogP contribution in [0.25, 0.3) is 143 Å². The number of nitrogens with zero attached hydrogens (tertiary/aromatic N) is 4. The van der Waals surface area contributed by atoms with Gasteiger partial charge in [0.25, 0.3) is 11.1 Å². The molecule has 0 aliphatic heterocycles. The summed E-state index contributed by atoms with van der Waals surface area (Å²) in [4.78, 5) is 39.7. The maximum Gasteiger partial charge on any atom is 0.264 e. The molecule has 96 heavy (non-hydrogen) atoms. The van der Waals surface area contributed by atoms with Crippen LogP contribution < -0.4 is 11.1 Å². The van der Waals surface area contributed by atoms with Crippen LogP contribution in [0.4, 0.5) is 0 Å². The highest BCUT2D eigenvalue weighted by atomic mass is 16.1. The largest absolute Gasteiger partial charge is 0.268 e. The third-order valence-corrected chi connectivity index (χ3v) is 18.9. The Morgan fingerprint density at radius 1 is 0.271 bits per heavy atom. The first-order chi connectivity index (χ1) is 47.1. The summed E-state index contributed by atoms with van der Waals surface area (Å²) < 4.78 is 3.64. The van der Waals surface area contributed by atoms with Gasteiger partial charge in [-0.2, -0.15) is 0 Å². The van der Waals surface area contributed by atoms with Gasteiger partial charge in [0.2, 0.25) is 0 Å². The second kappa shape index (κ2) is 25.4. The van der Waals surface area contributed by atoms with E-state index in [2.05, 4.69) is 252 Å². The Labute approximate surface area is 557 Å². The number of allylic oxidation sites excluding steroid dienone is 6. The van der Waals surface area contributed by atoms with Gasteiger partial charge in [-0.15, -0.1) is 39.5 Å². The van der Waals surface area contributed by atoms with Gasteiger partial charge in [0.1, 0.15) is 11.3 Å². The zero-order valence-electron chi connectivity index (χ0n) is 53.5. The van der Waals surface area contributed by atoms with Crippen molar-refractivity contribution in [2.45, 2.75) is 38.5 Å². The number of fused-ring (bicyclic) bond motifs is 8. The topological polar surface area (TPSA) is 68.7 Å². The van der Waals surface area contributed by atoms with Crippen molar-refractivity contribution in [2.24, 2.45) is 0 Å². The molecule has 0 unspecified atom stereocenters. The Balaban J connectivity index is 0.000000158. The standard InChI is InChI=1S/2C45H34N2O/c1-4-8-29-13-19-32(20-14-29)35-27-40(34-23-17-31(10-6-3)18-24-34)43-41(28-35)47-44(46-43)38-26-25-36(33-21-15-30(9-5-2)16-22-33)37-11-7-12-39(42(37)38)45(47)48;1-4-8-29-13-19-32(20-14-29)35-27-40(34-23-17-31(10-6-3)18-24-34)43-41(28-35)47-44(46-43)38-12-7-11-37-36(25-26-39(42(37)38)45(47)48)33-21-15-30(9-5-2)16-22-33/h2*4-7,11-28H,1-3,8-10H2. The monoisotopic (exact) mass is 1240 g/mol. The molecule has 6 heteroatoms. The number of pyridine rings is 2. The van der Waals surface area contributed by atoms with E-state index in [9.17, 15) is 9.59 Å². The first-order valence-corrected chi connectivity index (χ1v) is 32.7. The fourth-order valence-electron chi connectivity index (χ4n) is 14.1. The molecule has 0 amide bonds. The lowest BCUT2D eigenvalue weighted by molar-refractivity contribution is 1.19. The Kier molecular flexibility index (Phi) is 15.9. The number of imidazole rings is 2. The van der Waals surface area contributed by atoms with E-state index in [1.54, 1.807) is 0 Å². The van der Waals surface area contributed by atoms with Crippen molar-refractivity contribution in [3.63, 3.8) is 0 Å². The second-order valence-electron chi connectivity index (χ2n) is 24.9. The van der Waals surface area contributed by atoms with Crippen molar-refractivity contribution in [1.29, 1.82) is 0 Å². The van der Waals surface area contributed by atoms with Crippen molar-refractivity contribution in [2.75, 3.05) is 0 Å². The average Bonchev–Trinajstić information content (AvgIpc) is 1.49. The van der Waals surface area contributed by atoms with E-state index in [4.69, 9.17) is 9.97 Å². The molecule has 0 bridgehead atoms. The van der Waals surface area contributed by atoms with Gasteiger partial charge in [-0.1, -0.05) is 225 Å². The van der Waals surface area contributed by atoms with Crippen LogP contribution >= 0.6 is 0 Å². The minimum atomic E-state index is -0.0603. The van der Waals surface area contributed by atoms with Gasteiger partial charge in [-0.05, 0) is 181 Å². The van der Waals surface area contributed by atoms with Crippen LogP contribution in [0.2, 0.25) is 0 Å². The first-order valence-electron chi connectivity index (χ1n) is 32.7. The maximum atomic E-state index is 14.6. The van der Waals surface area contributed by atoms with Crippen LogP contribution in [-0.4, -0.2) is 18.8 Å². The van der Waals surface area contributed by atoms with Crippen molar-refractivity contribution < 1.29 is 0 Å². The number of benzene rings is 12. The van der Waals surface area contributed by atoms with E-state index in [1.165, 1.54) is 33.4 Å². The van der Waals surface area contributed by atoms with Gasteiger partial charge in [0.05, 0.1) is 22.1 Å². The lowest BCUT2D eigenvalue weighted by atomic mass is 9.93. The molecular weight excluding hydrogens is 1170 g/mol. The van der Waals surface area contributed by atoms with Gasteiger partial charge in [-0.3, -0.25) is 18.4 Å². The molecule has 0 spiro atoms. The van der Waals surface area contributed by atoms with E-state index in [0.29, 0.717) is 22.1 Å². The lowest BCUT2D eigenvalue weighted by Crippen LogP contribution is -2.13. The highest BCUT2D eigenvalue weighted by Gasteiger charge is 2.24. The highest BCUT2D eigenvalue weighted by Crippen LogP contribution is 2.42. The van der Waals surface area contributed by atoms with Gasteiger partial charge in [0.15, 0.2) is 0 Å². The molecule has 12 aromatic carbocycles. The van der Waals surface area contributed by atoms with Gasteiger partial charge < -0.3 is 0 Å². The van der Waals surface area contributed by atoms with Gasteiger partial charge in [0, 0.05) is 43.4 Å². The van der Waals surface area contributed by atoms with E-state index in [1.807, 2.05) is 63.5 Å². The predicted octanol–water partition coefficient (Wildman–Crippen LogP) is 21.6. The van der Waals surface area contributed by atoms with E-state index in [0.717, 1.165) is 160 Å². The first kappa shape index (κ1) is 60.1. The van der Waals surface area contributed by atoms with Gasteiger partial charge in [-0.25, -0.2) is 9.97 Å². The quantitative estimate of drug-likeness (QED) is 0.0803. The molecular formula is C90H68N4O2. The van der Waals surface area contributed by atoms with E-state index < -0.39 is 0 Å². The number of rotatable bonds is 18. The normalized spacial score (nSPS) is 11.5. The third-order valence-electron chi connectivity index (χ3n) is 18.9. The molecule has 0 fully saturated rings. The number of hydrogen-bond donors (Lipinski definition) is 0. The Morgan fingerprint density at radius 2 is 0.542 bits per heavy atom. The van der Waals surface area contributed by atoms with Crippen LogP contribution in [-0.2, 0) is 38.5 Å². The number of aromatic nitrogens is 4. The summed E-state index contributed by atoms with van der Waals surface area (Å²) >= 11 is 0. The summed E-state index contributed by atoms with van der Waals surface area (Å²) in [6.45, 7) is 23.3. The third kappa shape index (κ3) is 10.7. The maximum absolute atomic E-state index is 14.6. The molecule has 0 aliphatic carbocycles. The molecule has 4 aromatic heterocycles. The molecule has 16 aromatic rings. The van der Waals surface area contributed by atoms with Crippen LogP contribution in [0.5, 0.6) is 0 Å². The molecule has 0 atom stereocenters. The van der Waals surface area contributed by atoms with Gasteiger partial charge >= 0.3 is 0 Å². The molecule has 460 valence electrons. The van der Waals surface area contributed by atoms with Crippen LogP contribution in [0.15, 0.2) is 316 Å². The summed E-state index contributed by atoms with van der Waals surface area (Å²) in [6, 6.07) is 80.9. The summed E-state index contributed by atoms with van der Waals surface area (Å²) in [5.41, 5.74) is 24.5. The van der Waals surface area contributed by atoms with Crippen molar-refractivity contribution in [1.82, 2.24) is 18.8 Å². The zero-order chi connectivity index (χ0) is 65.6. The molecule has 6 nitrogen and oxygen atoms in total. The second-order valence-corrected chi connectivity index (χ2v) is 24.9. The van der Waals surface area contributed by atoms with Crippen molar-refractivity contribution in [3.05, 3.63) is 361 Å². The molecule has 0 saturated heterocycles. The molecule has 0 aliphatic rings. The lowest BCUT2D eigenvalue weighted by Gasteiger charge is -2.12. The predicted molar refractivity (Wildman–Crippen MR) is 406 cm³/mol. The fraction of sp³-hybridized carbons (Fsp3) is 0.0667. The van der Waals surface area contributed by atoms with Crippen LogP contribution in [0, 0.1) is 0 Å². The zero-order valence-corrected chi connectivity index (χ0v) is 53.5. The highest BCUT2D eigenvalue weighted by molar-refractivity contribution is 6.21. The Morgan fingerprint density at radius 3 is 0.875 bits per heavy atom. The summed E-state index contributed by atoms with van der Waals surface area (Å²) in [6.07, 6.45) is 16.4. The molecule has 0 N–H and O–H groups in total. The van der Waals surface area contributed by atoms with E-state index >= 15 is 0 Å². The summed E-state index contributed by atoms with van der Waals surface area (Å²) in [5.74, 6) is 0. The fourth-order valence-corrected chi connectivity index (χ4v) is 14.1. The van der Waals surface area contributed by atoms with Crippen LogP contribution in [0.3, 0.4) is 0 Å². The van der Waals surface area contributed by atoms with Crippen molar-refractivity contribution >= 4 is 76.5 Å². The molecule has 0 saturated carbocycles. The van der Waals surface area contributed by atoms with Crippen molar-refractivity contribution in [3.8, 4) is 66.8 Å². The van der Waals surface area contributed by atoms with Crippen LogP contribution in [0.1, 0.15) is 33.4 Å². The smallest absolute Gasteiger partial charge is 0.264 e.